The molecule has 0 amide bonds. The maximum absolute atomic E-state index is 15.1. The van der Waals surface area contributed by atoms with E-state index in [0.29, 0.717) is 5.56 Å². The number of alkyl halides is 6. The van der Waals surface area contributed by atoms with Crippen molar-refractivity contribution in [2.45, 2.75) is 114 Å². The minimum atomic E-state index is -4.84. The second-order valence-corrected chi connectivity index (χ2v) is 11.7. The van der Waals surface area contributed by atoms with Gasteiger partial charge in [0.1, 0.15) is 12.5 Å². The Balaban J connectivity index is 1.43. The third-order valence-corrected chi connectivity index (χ3v) is 8.68. The van der Waals surface area contributed by atoms with E-state index in [1.807, 2.05) is 30.3 Å². The van der Waals surface area contributed by atoms with Crippen LogP contribution >= 0.6 is 0 Å². The molecule has 44 heavy (non-hydrogen) atoms. The molecule has 3 fully saturated rings. The van der Waals surface area contributed by atoms with Crippen LogP contribution in [-0.2, 0) is 32.2 Å². The highest BCUT2D eigenvalue weighted by molar-refractivity contribution is 5.14. The molecule has 0 aromatic heterocycles. The fourth-order valence-electron chi connectivity index (χ4n) is 6.14. The highest BCUT2D eigenvalue weighted by Gasteiger charge is 2.63. The molecule has 0 aliphatic carbocycles. The highest BCUT2D eigenvalue weighted by atomic mass is 19.4. The summed E-state index contributed by atoms with van der Waals surface area (Å²) in [4.78, 5) is 0. The maximum atomic E-state index is 15.1. The van der Waals surface area contributed by atoms with Crippen molar-refractivity contribution in [3.05, 3.63) is 71.8 Å². The second kappa shape index (κ2) is 14.0. The minimum absolute atomic E-state index is 0.00229. The number of halogens is 6. The van der Waals surface area contributed by atoms with Crippen molar-refractivity contribution in [3.63, 3.8) is 0 Å². The molecule has 244 valence electrons. The SMILES string of the molecule is C[C@H]1OC2NC(CCC2C(F)(F)F)C2NNC(O2)[C@@](OCc2ccccc2)(C(F)(F)F)CCCCC1OCc1ccccc1. The van der Waals surface area contributed by atoms with E-state index in [2.05, 4.69) is 16.2 Å². The maximum Gasteiger partial charge on any atom is 0.421 e. The quantitative estimate of drug-likeness (QED) is 0.333. The third kappa shape index (κ3) is 7.75. The van der Waals surface area contributed by atoms with Gasteiger partial charge >= 0.3 is 12.4 Å². The van der Waals surface area contributed by atoms with Gasteiger partial charge in [0.2, 0.25) is 5.60 Å². The first-order chi connectivity index (χ1) is 21.0. The first-order valence-electron chi connectivity index (χ1n) is 15.0. The Labute approximate surface area is 252 Å². The number of fused-ring (bicyclic) bond motifs is 5. The minimum Gasteiger partial charge on any atom is -0.371 e. The molecular formula is C31H39F6N3O4. The lowest BCUT2D eigenvalue weighted by molar-refractivity contribution is -0.321. The Bertz CT molecular complexity index is 1170. The fourth-order valence-corrected chi connectivity index (χ4v) is 6.14. The van der Waals surface area contributed by atoms with Gasteiger partial charge in [-0.05, 0) is 50.2 Å². The topological polar surface area (TPSA) is 73.0 Å². The van der Waals surface area contributed by atoms with Crippen LogP contribution in [0.1, 0.15) is 56.6 Å². The predicted molar refractivity (Wildman–Crippen MR) is 148 cm³/mol. The number of rotatable bonds is 6. The molecule has 6 unspecified atom stereocenters. The van der Waals surface area contributed by atoms with Gasteiger partial charge in [0.15, 0.2) is 6.23 Å². The molecular weight excluding hydrogens is 592 g/mol. The summed E-state index contributed by atoms with van der Waals surface area (Å²) in [6, 6.07) is 17.0. The van der Waals surface area contributed by atoms with E-state index in [-0.39, 0.29) is 45.3 Å². The standard InChI is InChI=1S/C31H39F6N3O4/c1-20-25(41-18-21-10-4-2-5-11-21)14-8-9-17-29(31(35,36)37,42-19-22-12-6-3-7-13-22)28-40-39-27(44-28)24-16-15-23(30(32,33)34)26(38-24)43-20/h2-7,10-13,20,23-28,38-40H,8-9,14-19H2,1H3/t20-,23?,24?,25?,26?,27?,28?,29-/m1/s1. The summed E-state index contributed by atoms with van der Waals surface area (Å²) >= 11 is 0. The first kappa shape index (κ1) is 33.1. The van der Waals surface area contributed by atoms with Crippen molar-refractivity contribution in [2.24, 2.45) is 5.92 Å². The molecule has 7 nitrogen and oxygen atoms in total. The van der Waals surface area contributed by atoms with Crippen molar-refractivity contribution in [2.75, 3.05) is 0 Å². The van der Waals surface area contributed by atoms with Crippen molar-refractivity contribution in [1.82, 2.24) is 16.2 Å². The van der Waals surface area contributed by atoms with Crippen molar-refractivity contribution in [3.8, 4) is 0 Å². The molecule has 3 heterocycles. The summed E-state index contributed by atoms with van der Waals surface area (Å²) < 4.78 is 111. The number of benzene rings is 2. The van der Waals surface area contributed by atoms with Crippen LogP contribution in [0.4, 0.5) is 26.3 Å². The van der Waals surface area contributed by atoms with Crippen molar-refractivity contribution in [1.29, 1.82) is 0 Å². The molecule has 3 saturated heterocycles. The molecule has 3 aliphatic heterocycles. The number of piperidine rings is 1. The van der Waals surface area contributed by atoms with Crippen LogP contribution in [0.25, 0.3) is 0 Å². The number of hydrogen-bond donors (Lipinski definition) is 3. The Hall–Kier alpha value is -2.26. The van der Waals surface area contributed by atoms with Crippen molar-refractivity contribution >= 4 is 0 Å². The number of nitrogens with one attached hydrogen (secondary N) is 3. The van der Waals surface area contributed by atoms with Crippen LogP contribution in [0.15, 0.2) is 60.7 Å². The molecule has 3 N–H and O–H groups in total. The van der Waals surface area contributed by atoms with Gasteiger partial charge < -0.3 is 18.9 Å². The summed E-state index contributed by atoms with van der Waals surface area (Å²) in [7, 11) is 0. The van der Waals surface area contributed by atoms with Crippen LogP contribution < -0.4 is 16.2 Å². The van der Waals surface area contributed by atoms with Gasteiger partial charge in [-0.2, -0.15) is 26.3 Å². The third-order valence-electron chi connectivity index (χ3n) is 8.68. The van der Waals surface area contributed by atoms with Crippen molar-refractivity contribution < 1.29 is 45.3 Å². The summed E-state index contributed by atoms with van der Waals surface area (Å²) in [6.45, 7) is 1.52. The van der Waals surface area contributed by atoms with Gasteiger partial charge in [-0.25, -0.2) is 10.9 Å². The van der Waals surface area contributed by atoms with E-state index < -0.39 is 67.2 Å². The zero-order valence-corrected chi connectivity index (χ0v) is 24.4. The lowest BCUT2D eigenvalue weighted by Crippen LogP contribution is -2.61. The fraction of sp³-hybridized carbons (Fsp3) is 0.613. The average molecular weight is 632 g/mol. The lowest BCUT2D eigenvalue weighted by Gasteiger charge is -2.43. The molecule has 2 aromatic rings. The zero-order chi connectivity index (χ0) is 31.4. The molecule has 2 aromatic carbocycles. The number of ether oxygens (including phenoxy) is 4. The molecule has 8 atom stereocenters. The Morgan fingerprint density at radius 2 is 1.45 bits per heavy atom. The lowest BCUT2D eigenvalue weighted by atomic mass is 9.90. The zero-order valence-electron chi connectivity index (χ0n) is 24.4. The van der Waals surface area contributed by atoms with Gasteiger partial charge in [0.25, 0.3) is 0 Å². The van der Waals surface area contributed by atoms with Gasteiger partial charge in [-0.3, -0.25) is 5.32 Å². The van der Waals surface area contributed by atoms with E-state index >= 15 is 13.2 Å². The highest BCUT2D eigenvalue weighted by Crippen LogP contribution is 2.44. The van der Waals surface area contributed by atoms with Gasteiger partial charge in [-0.15, -0.1) is 0 Å². The van der Waals surface area contributed by atoms with E-state index in [9.17, 15) is 13.2 Å². The van der Waals surface area contributed by atoms with E-state index in [0.717, 1.165) is 5.56 Å². The molecule has 0 spiro atoms. The summed E-state index contributed by atoms with van der Waals surface area (Å²) in [5.74, 6) is -1.81. The smallest absolute Gasteiger partial charge is 0.371 e. The Morgan fingerprint density at radius 1 is 0.795 bits per heavy atom. The van der Waals surface area contributed by atoms with Crippen LogP contribution in [0.5, 0.6) is 0 Å². The Kier molecular flexibility index (Phi) is 10.6. The van der Waals surface area contributed by atoms with Crippen LogP contribution in [0.3, 0.4) is 0 Å². The van der Waals surface area contributed by atoms with E-state index in [1.165, 1.54) is 0 Å². The second-order valence-electron chi connectivity index (χ2n) is 11.7. The normalized spacial score (nSPS) is 33.9. The monoisotopic (exact) mass is 631 g/mol. The molecule has 13 heteroatoms. The summed E-state index contributed by atoms with van der Waals surface area (Å²) in [5, 5.41) is 2.89. The van der Waals surface area contributed by atoms with Crippen LogP contribution in [-0.4, -0.2) is 54.9 Å². The number of hydrazine groups is 1. The van der Waals surface area contributed by atoms with Gasteiger partial charge in [0, 0.05) is 0 Å². The van der Waals surface area contributed by atoms with E-state index in [4.69, 9.17) is 18.9 Å². The first-order valence-corrected chi connectivity index (χ1v) is 15.0. The molecule has 4 bridgehead atoms. The summed E-state index contributed by atoms with van der Waals surface area (Å²) in [5.41, 5.74) is 4.05. The average Bonchev–Trinajstić information content (AvgIpc) is 3.48. The largest absolute Gasteiger partial charge is 0.421 e. The van der Waals surface area contributed by atoms with Crippen LogP contribution in [0, 0.1) is 5.92 Å². The molecule has 3 aliphatic rings. The summed E-state index contributed by atoms with van der Waals surface area (Å²) in [6.07, 6.45) is -15.0. The van der Waals surface area contributed by atoms with Gasteiger partial charge in [0.05, 0.1) is 37.4 Å². The number of hydrogen-bond acceptors (Lipinski definition) is 7. The van der Waals surface area contributed by atoms with Gasteiger partial charge in [-0.1, -0.05) is 67.1 Å². The Morgan fingerprint density at radius 3 is 2.09 bits per heavy atom. The molecule has 0 radical (unpaired) electrons. The molecule has 0 saturated carbocycles. The van der Waals surface area contributed by atoms with Crippen LogP contribution in [0.2, 0.25) is 0 Å². The molecule has 5 rings (SSSR count). The predicted octanol–water partition coefficient (Wildman–Crippen LogP) is 6.10. The van der Waals surface area contributed by atoms with E-state index in [1.54, 1.807) is 37.3 Å².